The zero-order chi connectivity index (χ0) is 25.3. The average molecular weight is 519 g/mol. The van der Waals surface area contributed by atoms with Crippen molar-refractivity contribution in [2.24, 2.45) is 0 Å². The molecule has 1 aromatic heterocycles. The molecule has 188 valence electrons. The third kappa shape index (κ3) is 7.19. The molecule has 10 heteroatoms. The van der Waals surface area contributed by atoms with Crippen molar-refractivity contribution in [3.05, 3.63) is 72.2 Å². The standard InChI is InChI=1S/C25H30N2O6S2/c1-19-7-9-20(10-8-19)27(35(29,30)22-11-12-23(31-2)24(16-22)32-3)17-25(28)26-13-5-15-34-18-21-6-4-14-33-21/h4,6-12,14,16H,5,13,15,17-18H2,1-3H3,(H,26,28). The van der Waals surface area contributed by atoms with Crippen molar-refractivity contribution in [1.82, 2.24) is 5.32 Å². The number of sulfonamides is 1. The van der Waals surface area contributed by atoms with Crippen molar-refractivity contribution in [2.45, 2.75) is 24.0 Å². The number of methoxy groups -OCH3 is 2. The molecule has 1 heterocycles. The van der Waals surface area contributed by atoms with Gasteiger partial charge in [0, 0.05) is 12.6 Å². The van der Waals surface area contributed by atoms with Crippen LogP contribution in [0, 0.1) is 6.92 Å². The van der Waals surface area contributed by atoms with Crippen LogP contribution in [0.3, 0.4) is 0 Å². The Kier molecular flexibility index (Phi) is 9.50. The van der Waals surface area contributed by atoms with E-state index < -0.39 is 10.0 Å². The van der Waals surface area contributed by atoms with E-state index in [-0.39, 0.29) is 23.1 Å². The van der Waals surface area contributed by atoms with Crippen molar-refractivity contribution >= 4 is 33.4 Å². The summed E-state index contributed by atoms with van der Waals surface area (Å²) < 4.78 is 44.1. The second-order valence-corrected chi connectivity index (χ2v) is 10.7. The van der Waals surface area contributed by atoms with Crippen LogP contribution in [0.4, 0.5) is 5.69 Å². The first-order chi connectivity index (χ1) is 16.8. The maximum absolute atomic E-state index is 13.6. The van der Waals surface area contributed by atoms with Crippen molar-refractivity contribution in [1.29, 1.82) is 0 Å². The fraction of sp³-hybridized carbons (Fsp3) is 0.320. The summed E-state index contributed by atoms with van der Waals surface area (Å²) in [6.45, 7) is 2.01. The van der Waals surface area contributed by atoms with E-state index in [2.05, 4.69) is 5.32 Å². The zero-order valence-corrected chi connectivity index (χ0v) is 21.7. The van der Waals surface area contributed by atoms with E-state index in [0.717, 1.165) is 33.6 Å². The summed E-state index contributed by atoms with van der Waals surface area (Å²) in [6, 6.07) is 15.1. The molecule has 0 radical (unpaired) electrons. The van der Waals surface area contributed by atoms with Gasteiger partial charge < -0.3 is 19.2 Å². The number of furan rings is 1. The summed E-state index contributed by atoms with van der Waals surface area (Å²) in [6.07, 6.45) is 2.40. The molecule has 35 heavy (non-hydrogen) atoms. The predicted octanol–water partition coefficient (Wildman–Crippen LogP) is 4.24. The number of nitrogens with one attached hydrogen (secondary N) is 1. The SMILES string of the molecule is COc1ccc(S(=O)(=O)N(CC(=O)NCCCSCc2ccco2)c2ccc(C)cc2)cc1OC. The highest BCUT2D eigenvalue weighted by molar-refractivity contribution is 7.98. The summed E-state index contributed by atoms with van der Waals surface area (Å²) in [5.41, 5.74) is 1.38. The first kappa shape index (κ1) is 26.5. The Balaban J connectivity index is 1.69. The highest BCUT2D eigenvalue weighted by Crippen LogP contribution is 2.32. The van der Waals surface area contributed by atoms with Crippen LogP contribution in [0.5, 0.6) is 11.5 Å². The second-order valence-electron chi connectivity index (χ2n) is 7.70. The summed E-state index contributed by atoms with van der Waals surface area (Å²) in [5.74, 6) is 2.84. The van der Waals surface area contributed by atoms with E-state index in [9.17, 15) is 13.2 Å². The van der Waals surface area contributed by atoms with Gasteiger partial charge in [0.15, 0.2) is 11.5 Å². The van der Waals surface area contributed by atoms with Gasteiger partial charge >= 0.3 is 0 Å². The van der Waals surface area contributed by atoms with Gasteiger partial charge in [-0.1, -0.05) is 17.7 Å². The topological polar surface area (TPSA) is 98.1 Å². The highest BCUT2D eigenvalue weighted by Gasteiger charge is 2.28. The van der Waals surface area contributed by atoms with Gasteiger partial charge in [0.05, 0.1) is 36.8 Å². The molecule has 0 spiro atoms. The number of thioether (sulfide) groups is 1. The quantitative estimate of drug-likeness (QED) is 0.338. The molecule has 2 aromatic carbocycles. The van der Waals surface area contributed by atoms with E-state index in [1.807, 2.05) is 19.1 Å². The fourth-order valence-electron chi connectivity index (χ4n) is 3.29. The fourth-order valence-corrected chi connectivity index (χ4v) is 5.58. The predicted molar refractivity (Wildman–Crippen MR) is 138 cm³/mol. The number of carbonyl (C=O) groups excluding carboxylic acids is 1. The Hall–Kier alpha value is -3.11. The molecular weight excluding hydrogens is 488 g/mol. The molecule has 0 aliphatic rings. The van der Waals surface area contributed by atoms with Crippen LogP contribution in [0.15, 0.2) is 70.2 Å². The Morgan fingerprint density at radius 1 is 1.06 bits per heavy atom. The van der Waals surface area contributed by atoms with Gasteiger partial charge in [-0.05, 0) is 55.5 Å². The molecular formula is C25H30N2O6S2. The molecule has 0 atom stereocenters. The lowest BCUT2D eigenvalue weighted by atomic mass is 10.2. The van der Waals surface area contributed by atoms with E-state index in [4.69, 9.17) is 13.9 Å². The average Bonchev–Trinajstić information content (AvgIpc) is 3.38. The third-order valence-corrected chi connectivity index (χ3v) is 8.00. The zero-order valence-electron chi connectivity index (χ0n) is 20.0. The summed E-state index contributed by atoms with van der Waals surface area (Å²) >= 11 is 1.71. The second kappa shape index (κ2) is 12.6. The third-order valence-electron chi connectivity index (χ3n) is 5.16. The van der Waals surface area contributed by atoms with Gasteiger partial charge in [0.25, 0.3) is 10.0 Å². The van der Waals surface area contributed by atoms with Crippen LogP contribution < -0.4 is 19.1 Å². The Morgan fingerprint density at radius 3 is 2.46 bits per heavy atom. The Morgan fingerprint density at radius 2 is 1.80 bits per heavy atom. The largest absolute Gasteiger partial charge is 0.493 e. The van der Waals surface area contributed by atoms with Crippen molar-refractivity contribution in [3.8, 4) is 11.5 Å². The first-order valence-corrected chi connectivity index (χ1v) is 13.6. The number of aryl methyl sites for hydroxylation is 1. The molecule has 3 aromatic rings. The van der Waals surface area contributed by atoms with Crippen molar-refractivity contribution in [3.63, 3.8) is 0 Å². The smallest absolute Gasteiger partial charge is 0.264 e. The molecule has 3 rings (SSSR count). The minimum absolute atomic E-state index is 0.00199. The molecule has 0 saturated heterocycles. The van der Waals surface area contributed by atoms with Gasteiger partial charge in [-0.3, -0.25) is 9.10 Å². The van der Waals surface area contributed by atoms with Gasteiger partial charge in [0.2, 0.25) is 5.91 Å². The number of nitrogens with zero attached hydrogens (tertiary/aromatic N) is 1. The summed E-state index contributed by atoms with van der Waals surface area (Å²) in [5, 5.41) is 2.83. The van der Waals surface area contributed by atoms with Gasteiger partial charge in [-0.15, -0.1) is 0 Å². The van der Waals surface area contributed by atoms with E-state index in [1.54, 1.807) is 42.3 Å². The molecule has 0 aliphatic heterocycles. The summed E-state index contributed by atoms with van der Waals surface area (Å²) in [4.78, 5) is 12.7. The summed E-state index contributed by atoms with van der Waals surface area (Å²) in [7, 11) is -1.15. The minimum atomic E-state index is -4.06. The normalized spacial score (nSPS) is 11.2. The van der Waals surface area contributed by atoms with Gasteiger partial charge in [-0.25, -0.2) is 8.42 Å². The van der Waals surface area contributed by atoms with Crippen LogP contribution >= 0.6 is 11.8 Å². The highest BCUT2D eigenvalue weighted by atomic mass is 32.2. The molecule has 0 aliphatic carbocycles. The van der Waals surface area contributed by atoms with Crippen molar-refractivity contribution < 1.29 is 27.1 Å². The van der Waals surface area contributed by atoms with Crippen LogP contribution in [-0.4, -0.2) is 47.4 Å². The molecule has 1 N–H and O–H groups in total. The van der Waals surface area contributed by atoms with Crippen LogP contribution in [0.2, 0.25) is 0 Å². The molecule has 0 bridgehead atoms. The van der Waals surface area contributed by atoms with Crippen LogP contribution in [0.1, 0.15) is 17.7 Å². The van der Waals surface area contributed by atoms with Gasteiger partial charge in [0.1, 0.15) is 12.3 Å². The number of hydrogen-bond acceptors (Lipinski definition) is 7. The molecule has 1 amide bonds. The maximum Gasteiger partial charge on any atom is 0.264 e. The number of benzene rings is 2. The number of ether oxygens (including phenoxy) is 2. The molecule has 8 nitrogen and oxygen atoms in total. The lowest BCUT2D eigenvalue weighted by molar-refractivity contribution is -0.119. The number of hydrogen-bond donors (Lipinski definition) is 1. The molecule has 0 fully saturated rings. The van der Waals surface area contributed by atoms with Crippen molar-refractivity contribution in [2.75, 3.05) is 37.4 Å². The first-order valence-electron chi connectivity index (χ1n) is 11.0. The minimum Gasteiger partial charge on any atom is -0.493 e. The number of carbonyl (C=O) groups is 1. The number of anilines is 1. The Bertz CT molecular complexity index is 1200. The van der Waals surface area contributed by atoms with E-state index in [0.29, 0.717) is 18.0 Å². The van der Waals surface area contributed by atoms with Crippen LogP contribution in [-0.2, 0) is 20.6 Å². The number of rotatable bonds is 13. The van der Waals surface area contributed by atoms with Gasteiger partial charge in [-0.2, -0.15) is 11.8 Å². The monoisotopic (exact) mass is 518 g/mol. The lowest BCUT2D eigenvalue weighted by Crippen LogP contribution is -2.41. The number of amides is 1. The lowest BCUT2D eigenvalue weighted by Gasteiger charge is -2.24. The maximum atomic E-state index is 13.6. The van der Waals surface area contributed by atoms with Crippen LogP contribution in [0.25, 0.3) is 0 Å². The molecule has 0 saturated carbocycles. The molecule has 0 unspecified atom stereocenters. The van der Waals surface area contributed by atoms with E-state index >= 15 is 0 Å². The van der Waals surface area contributed by atoms with E-state index in [1.165, 1.54) is 32.4 Å². The Labute approximate surface area is 210 Å².